The van der Waals surface area contributed by atoms with Crippen LogP contribution in [0.2, 0.25) is 0 Å². The number of rotatable bonds is 3. The van der Waals surface area contributed by atoms with Crippen molar-refractivity contribution in [3.63, 3.8) is 0 Å². The summed E-state index contributed by atoms with van der Waals surface area (Å²) in [5, 5.41) is 3.32. The molecule has 1 saturated heterocycles. The number of halogens is 4. The lowest BCUT2D eigenvalue weighted by atomic mass is 10.0. The Morgan fingerprint density at radius 1 is 1.37 bits per heavy atom. The molecule has 0 unspecified atom stereocenters. The summed E-state index contributed by atoms with van der Waals surface area (Å²) in [6.45, 7) is 0.125. The third-order valence-electron chi connectivity index (χ3n) is 3.11. The van der Waals surface area contributed by atoms with E-state index in [2.05, 4.69) is 26.2 Å². The van der Waals surface area contributed by atoms with Crippen LogP contribution in [0.3, 0.4) is 0 Å². The summed E-state index contributed by atoms with van der Waals surface area (Å²) < 4.78 is 37.5. The predicted molar refractivity (Wildman–Crippen MR) is 71.1 cm³/mol. The molecule has 1 aromatic heterocycles. The summed E-state index contributed by atoms with van der Waals surface area (Å²) in [6, 6.07) is 3.93. The maximum absolute atomic E-state index is 12.3. The van der Waals surface area contributed by atoms with E-state index in [1.54, 1.807) is 6.20 Å². The van der Waals surface area contributed by atoms with Crippen molar-refractivity contribution in [1.29, 1.82) is 0 Å². The van der Waals surface area contributed by atoms with Crippen molar-refractivity contribution in [2.75, 3.05) is 25.0 Å². The van der Waals surface area contributed by atoms with Crippen LogP contribution in [0.25, 0.3) is 0 Å². The van der Waals surface area contributed by atoms with Crippen molar-refractivity contribution in [2.45, 2.75) is 25.1 Å². The first-order chi connectivity index (χ1) is 8.94. The number of alkyl halides is 3. The maximum Gasteiger partial charge on any atom is 0.401 e. The summed E-state index contributed by atoms with van der Waals surface area (Å²) in [6.07, 6.45) is -1.01. The minimum Gasteiger partial charge on any atom is -0.380 e. The average molecular weight is 338 g/mol. The van der Waals surface area contributed by atoms with Crippen molar-refractivity contribution in [3.05, 3.63) is 22.9 Å². The molecule has 2 rings (SSSR count). The standard InChI is InChI=1S/C12H15BrF3N3/c13-11-10(2-1-5-17-11)18-9-3-6-19(7-4-9)8-12(14,15)16/h1-2,5,9,18H,3-4,6-8H2. The van der Waals surface area contributed by atoms with E-state index in [0.717, 1.165) is 10.3 Å². The first-order valence-corrected chi connectivity index (χ1v) is 6.89. The minimum atomic E-state index is -4.10. The number of likely N-dealkylation sites (tertiary alicyclic amines) is 1. The van der Waals surface area contributed by atoms with Crippen LogP contribution in [0.15, 0.2) is 22.9 Å². The smallest absolute Gasteiger partial charge is 0.380 e. The molecule has 3 nitrogen and oxygen atoms in total. The molecular formula is C12H15BrF3N3. The number of anilines is 1. The molecular weight excluding hydrogens is 323 g/mol. The zero-order valence-corrected chi connectivity index (χ0v) is 11.8. The molecule has 7 heteroatoms. The van der Waals surface area contributed by atoms with E-state index in [0.29, 0.717) is 25.9 Å². The Balaban J connectivity index is 1.82. The zero-order chi connectivity index (χ0) is 13.9. The van der Waals surface area contributed by atoms with E-state index in [1.807, 2.05) is 12.1 Å². The van der Waals surface area contributed by atoms with Crippen molar-refractivity contribution in [2.24, 2.45) is 0 Å². The molecule has 0 amide bonds. The second kappa shape index (κ2) is 6.09. The van der Waals surface area contributed by atoms with Crippen LogP contribution >= 0.6 is 15.9 Å². The van der Waals surface area contributed by atoms with E-state index >= 15 is 0 Å². The summed E-state index contributed by atoms with van der Waals surface area (Å²) in [4.78, 5) is 5.56. The summed E-state index contributed by atoms with van der Waals surface area (Å²) in [5.41, 5.74) is 0.886. The Morgan fingerprint density at radius 3 is 2.63 bits per heavy atom. The van der Waals surface area contributed by atoms with Crippen molar-refractivity contribution >= 4 is 21.6 Å². The van der Waals surface area contributed by atoms with Gasteiger partial charge in [-0.3, -0.25) is 4.90 Å². The summed E-state index contributed by atoms with van der Waals surface area (Å²) in [7, 11) is 0. The van der Waals surface area contributed by atoms with E-state index in [1.165, 1.54) is 4.90 Å². The molecule has 0 aliphatic carbocycles. The number of aromatic nitrogens is 1. The molecule has 0 aromatic carbocycles. The Labute approximate surface area is 118 Å². The molecule has 0 bridgehead atoms. The highest BCUT2D eigenvalue weighted by Gasteiger charge is 2.32. The van der Waals surface area contributed by atoms with Gasteiger partial charge < -0.3 is 5.32 Å². The highest BCUT2D eigenvalue weighted by atomic mass is 79.9. The molecule has 106 valence electrons. The van der Waals surface area contributed by atoms with Gasteiger partial charge in [0.05, 0.1) is 12.2 Å². The van der Waals surface area contributed by atoms with E-state index in [9.17, 15) is 13.2 Å². The maximum atomic E-state index is 12.3. The van der Waals surface area contributed by atoms with Crippen LogP contribution in [-0.4, -0.2) is 41.7 Å². The van der Waals surface area contributed by atoms with Gasteiger partial charge in [0, 0.05) is 25.3 Å². The van der Waals surface area contributed by atoms with E-state index in [4.69, 9.17) is 0 Å². The fourth-order valence-corrected chi connectivity index (χ4v) is 2.57. The molecule has 0 radical (unpaired) electrons. The number of hydrogen-bond donors (Lipinski definition) is 1. The normalized spacial score (nSPS) is 18.5. The second-order valence-corrected chi connectivity index (χ2v) is 5.40. The highest BCUT2D eigenvalue weighted by molar-refractivity contribution is 9.10. The van der Waals surface area contributed by atoms with Gasteiger partial charge in [0.2, 0.25) is 0 Å². The van der Waals surface area contributed by atoms with Gasteiger partial charge in [-0.2, -0.15) is 13.2 Å². The molecule has 1 aromatic rings. The lowest BCUT2D eigenvalue weighted by Gasteiger charge is -2.33. The third kappa shape index (κ3) is 4.65. The van der Waals surface area contributed by atoms with Crippen LogP contribution in [0, 0.1) is 0 Å². The number of piperidine rings is 1. The zero-order valence-electron chi connectivity index (χ0n) is 10.3. The SMILES string of the molecule is FC(F)(F)CN1CCC(Nc2cccnc2Br)CC1. The molecule has 1 N–H and O–H groups in total. The predicted octanol–water partition coefficient (Wildman–Crippen LogP) is 3.28. The average Bonchev–Trinajstić information content (AvgIpc) is 2.33. The third-order valence-corrected chi connectivity index (χ3v) is 3.74. The molecule has 1 aliphatic rings. The quantitative estimate of drug-likeness (QED) is 0.858. The van der Waals surface area contributed by atoms with Gasteiger partial charge in [-0.15, -0.1) is 0 Å². The van der Waals surface area contributed by atoms with Crippen molar-refractivity contribution in [1.82, 2.24) is 9.88 Å². The molecule has 0 atom stereocenters. The van der Waals surface area contributed by atoms with Crippen LogP contribution in [0.5, 0.6) is 0 Å². The van der Waals surface area contributed by atoms with Gasteiger partial charge in [0.25, 0.3) is 0 Å². The highest BCUT2D eigenvalue weighted by Crippen LogP contribution is 2.24. The van der Waals surface area contributed by atoms with Gasteiger partial charge in [0.1, 0.15) is 4.60 Å². The first kappa shape index (κ1) is 14.6. The van der Waals surface area contributed by atoms with Crippen LogP contribution < -0.4 is 5.32 Å². The number of nitrogens with one attached hydrogen (secondary N) is 1. The molecule has 19 heavy (non-hydrogen) atoms. The fourth-order valence-electron chi connectivity index (χ4n) is 2.20. The molecule has 2 heterocycles. The monoisotopic (exact) mass is 337 g/mol. The van der Waals surface area contributed by atoms with Gasteiger partial charge in [-0.1, -0.05) is 0 Å². The Morgan fingerprint density at radius 2 is 2.05 bits per heavy atom. The second-order valence-electron chi connectivity index (χ2n) is 4.65. The van der Waals surface area contributed by atoms with Crippen LogP contribution in [0.1, 0.15) is 12.8 Å². The lowest BCUT2D eigenvalue weighted by molar-refractivity contribution is -0.147. The summed E-state index contributed by atoms with van der Waals surface area (Å²) in [5.74, 6) is 0. The van der Waals surface area contributed by atoms with Gasteiger partial charge in [-0.05, 0) is 40.9 Å². The number of nitrogens with zero attached hydrogens (tertiary/aromatic N) is 2. The number of pyridine rings is 1. The van der Waals surface area contributed by atoms with E-state index in [-0.39, 0.29) is 6.04 Å². The molecule has 0 saturated carbocycles. The topological polar surface area (TPSA) is 28.2 Å². The largest absolute Gasteiger partial charge is 0.401 e. The Kier molecular flexibility index (Phi) is 4.67. The number of hydrogen-bond acceptors (Lipinski definition) is 3. The Bertz CT molecular complexity index is 417. The van der Waals surface area contributed by atoms with Crippen LogP contribution in [-0.2, 0) is 0 Å². The van der Waals surface area contributed by atoms with Crippen LogP contribution in [0.4, 0.5) is 18.9 Å². The van der Waals surface area contributed by atoms with Crippen molar-refractivity contribution in [3.8, 4) is 0 Å². The van der Waals surface area contributed by atoms with Crippen molar-refractivity contribution < 1.29 is 13.2 Å². The van der Waals surface area contributed by atoms with Gasteiger partial charge in [0.15, 0.2) is 0 Å². The summed E-state index contributed by atoms with van der Waals surface area (Å²) >= 11 is 3.34. The fraction of sp³-hybridized carbons (Fsp3) is 0.583. The Hall–Kier alpha value is -0.820. The van der Waals surface area contributed by atoms with Gasteiger partial charge >= 0.3 is 6.18 Å². The molecule has 1 aliphatic heterocycles. The van der Waals surface area contributed by atoms with Gasteiger partial charge in [-0.25, -0.2) is 4.98 Å². The minimum absolute atomic E-state index is 0.199. The van der Waals surface area contributed by atoms with E-state index < -0.39 is 12.7 Å². The molecule has 0 spiro atoms. The molecule has 1 fully saturated rings. The lowest BCUT2D eigenvalue weighted by Crippen LogP contribution is -2.43. The first-order valence-electron chi connectivity index (χ1n) is 6.10.